The van der Waals surface area contributed by atoms with E-state index in [-0.39, 0.29) is 17.7 Å². The van der Waals surface area contributed by atoms with Crippen molar-refractivity contribution in [3.63, 3.8) is 0 Å². The third-order valence-electron chi connectivity index (χ3n) is 8.12. The van der Waals surface area contributed by atoms with Gasteiger partial charge in [0.15, 0.2) is 0 Å². The minimum absolute atomic E-state index is 0.0720. The van der Waals surface area contributed by atoms with Crippen LogP contribution in [0.2, 0.25) is 0 Å². The minimum atomic E-state index is -0.0720. The zero-order valence-corrected chi connectivity index (χ0v) is 23.9. The first kappa shape index (κ1) is 27.7. The van der Waals surface area contributed by atoms with Gasteiger partial charge in [-0.1, -0.05) is 62.4 Å². The molecule has 1 aromatic carbocycles. The molecule has 0 aromatic heterocycles. The number of unbranched alkanes of at least 4 members (excludes halogenated alkanes) is 1. The molecule has 2 unspecified atom stereocenters. The fraction of sp³-hybridized carbons (Fsp3) is 0.361. The van der Waals surface area contributed by atoms with Crippen molar-refractivity contribution in [2.24, 2.45) is 5.92 Å². The molecule has 0 spiro atoms. The largest absolute Gasteiger partial charge is 0.497 e. The maximum absolute atomic E-state index is 15.3. The summed E-state index contributed by atoms with van der Waals surface area (Å²) < 4.78 is 21.1. The predicted octanol–water partition coefficient (Wildman–Crippen LogP) is 9.86. The quantitative estimate of drug-likeness (QED) is 0.318. The molecule has 1 nitrogen and oxygen atoms in total. The molecule has 0 saturated heterocycles. The highest BCUT2D eigenvalue weighted by Crippen LogP contribution is 2.46. The Morgan fingerprint density at radius 2 is 1.97 bits per heavy atom. The van der Waals surface area contributed by atoms with E-state index >= 15 is 4.39 Å². The van der Waals surface area contributed by atoms with Crippen molar-refractivity contribution >= 4 is 0 Å². The second kappa shape index (κ2) is 12.0. The van der Waals surface area contributed by atoms with Gasteiger partial charge in [0, 0.05) is 17.4 Å². The van der Waals surface area contributed by atoms with E-state index in [1.54, 1.807) is 13.2 Å². The number of allylic oxidation sites excluding steroid dienone is 13. The average molecular weight is 509 g/mol. The summed E-state index contributed by atoms with van der Waals surface area (Å²) in [6.07, 6.45) is 19.6. The van der Waals surface area contributed by atoms with Crippen molar-refractivity contribution < 1.29 is 9.13 Å². The van der Waals surface area contributed by atoms with Gasteiger partial charge in [-0.05, 0) is 116 Å². The Balaban J connectivity index is 1.76. The number of ether oxygens (including phenoxy) is 1. The van der Waals surface area contributed by atoms with Gasteiger partial charge in [-0.3, -0.25) is 0 Å². The van der Waals surface area contributed by atoms with Gasteiger partial charge in [0.1, 0.15) is 11.6 Å². The number of halogens is 1. The Morgan fingerprint density at radius 1 is 1.18 bits per heavy atom. The molecule has 1 aromatic rings. The molecule has 0 saturated carbocycles. The third-order valence-corrected chi connectivity index (χ3v) is 8.12. The van der Waals surface area contributed by atoms with Crippen molar-refractivity contribution in [3.8, 4) is 0 Å². The van der Waals surface area contributed by atoms with E-state index < -0.39 is 0 Å². The van der Waals surface area contributed by atoms with E-state index in [1.807, 2.05) is 13.0 Å². The highest BCUT2D eigenvalue weighted by atomic mass is 19.1. The number of methoxy groups -OCH3 is 1. The van der Waals surface area contributed by atoms with Crippen LogP contribution in [0.15, 0.2) is 112 Å². The molecule has 0 aliphatic heterocycles. The topological polar surface area (TPSA) is 9.23 Å². The molecule has 0 N–H and O–H groups in total. The van der Waals surface area contributed by atoms with Crippen LogP contribution in [0.4, 0.5) is 4.39 Å². The molecule has 0 radical (unpaired) electrons. The lowest BCUT2D eigenvalue weighted by atomic mass is 9.72. The lowest BCUT2D eigenvalue weighted by Gasteiger charge is -2.32. The lowest BCUT2D eigenvalue weighted by molar-refractivity contribution is 0.290. The SMILES string of the molecule is C=C1C=C(C)C(OC)=C(C)C1CC1=CCC(c2cc(C)c(CCCC)c(F)c2)C2=CC=C(C=CC)C=C=C12. The first-order valence-corrected chi connectivity index (χ1v) is 13.9. The van der Waals surface area contributed by atoms with Crippen LogP contribution in [-0.4, -0.2) is 7.11 Å². The van der Waals surface area contributed by atoms with Crippen LogP contribution >= 0.6 is 0 Å². The van der Waals surface area contributed by atoms with Crippen LogP contribution < -0.4 is 0 Å². The minimum Gasteiger partial charge on any atom is -0.497 e. The van der Waals surface area contributed by atoms with Crippen molar-refractivity contribution in [3.05, 3.63) is 134 Å². The maximum Gasteiger partial charge on any atom is 0.126 e. The molecule has 3 aliphatic carbocycles. The van der Waals surface area contributed by atoms with Gasteiger partial charge in [0.25, 0.3) is 0 Å². The summed E-state index contributed by atoms with van der Waals surface area (Å²) in [6.45, 7) is 14.9. The number of rotatable bonds is 8. The molecule has 3 aliphatic rings. The van der Waals surface area contributed by atoms with E-state index in [2.05, 4.69) is 82.5 Å². The van der Waals surface area contributed by atoms with Gasteiger partial charge in [-0.25, -0.2) is 4.39 Å². The standard InChI is InChI=1S/C36H41FO/c1-8-10-12-30-24(4)20-29(22-35(30)37)32-18-15-28(31-16-13-27(11-9-2)14-17-33(31)32)21-34-23(3)19-25(5)36(38-7)26(34)6/h9,11,13-15,17,19-20,22,32,34H,3,8,10,12,18,21H2,1-2,4-7H3. The fourth-order valence-corrected chi connectivity index (χ4v) is 6.10. The molecular formula is C36H41FO. The zero-order valence-electron chi connectivity index (χ0n) is 23.9. The highest BCUT2D eigenvalue weighted by molar-refractivity contribution is 5.60. The van der Waals surface area contributed by atoms with Crippen molar-refractivity contribution in [1.82, 2.24) is 0 Å². The number of hydrogen-bond acceptors (Lipinski definition) is 1. The third kappa shape index (κ3) is 5.57. The van der Waals surface area contributed by atoms with Crippen LogP contribution in [0.1, 0.15) is 76.0 Å². The summed E-state index contributed by atoms with van der Waals surface area (Å²) in [4.78, 5) is 0. The monoisotopic (exact) mass is 508 g/mol. The fourth-order valence-electron chi connectivity index (χ4n) is 6.10. The molecular weight excluding hydrogens is 467 g/mol. The summed E-state index contributed by atoms with van der Waals surface area (Å²) in [6, 6.07) is 3.98. The van der Waals surface area contributed by atoms with Crippen LogP contribution in [0.3, 0.4) is 0 Å². The van der Waals surface area contributed by atoms with E-state index in [0.29, 0.717) is 0 Å². The van der Waals surface area contributed by atoms with Crippen LogP contribution in [0.5, 0.6) is 0 Å². The van der Waals surface area contributed by atoms with Gasteiger partial charge in [-0.2, -0.15) is 0 Å². The summed E-state index contributed by atoms with van der Waals surface area (Å²) in [5.74, 6) is 1.16. The Hall–Kier alpha value is -3.35. The van der Waals surface area contributed by atoms with Crippen LogP contribution in [0.25, 0.3) is 0 Å². The van der Waals surface area contributed by atoms with E-state index in [1.165, 1.54) is 16.7 Å². The molecule has 0 fully saturated rings. The lowest BCUT2D eigenvalue weighted by Crippen LogP contribution is -2.17. The predicted molar refractivity (Wildman–Crippen MR) is 158 cm³/mol. The van der Waals surface area contributed by atoms with E-state index in [4.69, 9.17) is 4.74 Å². The van der Waals surface area contributed by atoms with Crippen molar-refractivity contribution in [2.75, 3.05) is 7.11 Å². The second-order valence-corrected chi connectivity index (χ2v) is 10.7. The Bertz CT molecular complexity index is 1360. The van der Waals surface area contributed by atoms with Gasteiger partial charge in [0.05, 0.1) is 7.11 Å². The summed E-state index contributed by atoms with van der Waals surface area (Å²) in [7, 11) is 1.74. The zero-order chi connectivity index (χ0) is 27.4. The molecule has 38 heavy (non-hydrogen) atoms. The first-order chi connectivity index (χ1) is 18.3. The van der Waals surface area contributed by atoms with Gasteiger partial charge in [0.2, 0.25) is 0 Å². The van der Waals surface area contributed by atoms with Crippen molar-refractivity contribution in [2.45, 2.75) is 72.6 Å². The van der Waals surface area contributed by atoms with Gasteiger partial charge in [-0.15, -0.1) is 5.73 Å². The average Bonchev–Trinajstić information content (AvgIpc) is 3.09. The summed E-state index contributed by atoms with van der Waals surface area (Å²) >= 11 is 0. The molecule has 0 amide bonds. The van der Waals surface area contributed by atoms with Crippen molar-refractivity contribution in [1.29, 1.82) is 0 Å². The number of benzene rings is 1. The molecule has 2 atom stereocenters. The summed E-state index contributed by atoms with van der Waals surface area (Å²) in [5.41, 5.74) is 14.8. The van der Waals surface area contributed by atoms with Gasteiger partial charge >= 0.3 is 0 Å². The molecule has 4 rings (SSSR count). The molecule has 198 valence electrons. The van der Waals surface area contributed by atoms with Gasteiger partial charge < -0.3 is 4.74 Å². The first-order valence-electron chi connectivity index (χ1n) is 13.9. The van der Waals surface area contributed by atoms with Crippen LogP contribution in [-0.2, 0) is 11.2 Å². The Morgan fingerprint density at radius 3 is 2.66 bits per heavy atom. The molecule has 0 heterocycles. The maximum atomic E-state index is 15.3. The Kier molecular flexibility index (Phi) is 8.75. The second-order valence-electron chi connectivity index (χ2n) is 10.7. The normalized spacial score (nSPS) is 21.4. The van der Waals surface area contributed by atoms with E-state index in [9.17, 15) is 0 Å². The number of fused-ring (bicyclic) bond motifs is 1. The van der Waals surface area contributed by atoms with Crippen LogP contribution in [0, 0.1) is 18.7 Å². The number of hydrogen-bond donors (Lipinski definition) is 0. The van der Waals surface area contributed by atoms with E-state index in [0.717, 1.165) is 76.8 Å². The Labute approximate surface area is 228 Å². The summed E-state index contributed by atoms with van der Waals surface area (Å²) in [5, 5.41) is 0. The highest BCUT2D eigenvalue weighted by Gasteiger charge is 2.31. The molecule has 0 bridgehead atoms. The molecule has 2 heteroatoms. The number of aryl methyl sites for hydroxylation is 1. The smallest absolute Gasteiger partial charge is 0.126 e.